The molecule has 0 saturated heterocycles. The van der Waals surface area contributed by atoms with E-state index in [1.54, 1.807) is 12.1 Å². The van der Waals surface area contributed by atoms with E-state index in [2.05, 4.69) is 4.98 Å². The summed E-state index contributed by atoms with van der Waals surface area (Å²) in [6.07, 6.45) is 0. The Balaban J connectivity index is 2.23. The topological polar surface area (TPSA) is 56.5 Å². The number of ether oxygens (including phenoxy) is 2. The predicted molar refractivity (Wildman–Crippen MR) is 80.9 cm³/mol. The van der Waals surface area contributed by atoms with Gasteiger partial charge in [-0.15, -0.1) is 0 Å². The molecule has 0 aliphatic rings. The molecular formula is C16H16N2O3. The number of para-hydroxylation sites is 2. The molecule has 0 aliphatic heterocycles. The Morgan fingerprint density at radius 3 is 2.52 bits per heavy atom. The van der Waals surface area contributed by atoms with Crippen LogP contribution in [0.25, 0.3) is 22.4 Å². The maximum Gasteiger partial charge on any atom is 0.203 e. The van der Waals surface area contributed by atoms with Gasteiger partial charge in [-0.1, -0.05) is 12.1 Å². The van der Waals surface area contributed by atoms with E-state index in [4.69, 9.17) is 9.47 Å². The average Bonchev–Trinajstić information content (AvgIpc) is 2.84. The van der Waals surface area contributed by atoms with Crippen molar-refractivity contribution in [3.05, 3.63) is 36.4 Å². The Hall–Kier alpha value is -2.69. The minimum absolute atomic E-state index is 0.0268. The summed E-state index contributed by atoms with van der Waals surface area (Å²) >= 11 is 0. The van der Waals surface area contributed by atoms with Crippen LogP contribution in [-0.2, 0) is 7.05 Å². The zero-order valence-corrected chi connectivity index (χ0v) is 12.1. The van der Waals surface area contributed by atoms with Crippen molar-refractivity contribution in [2.45, 2.75) is 0 Å². The second-order valence-corrected chi connectivity index (χ2v) is 4.71. The molecular weight excluding hydrogens is 268 g/mol. The molecule has 3 rings (SSSR count). The van der Waals surface area contributed by atoms with Crippen molar-refractivity contribution in [2.75, 3.05) is 14.2 Å². The average molecular weight is 284 g/mol. The number of phenolic OH excluding ortho intramolecular Hbond substituents is 1. The van der Waals surface area contributed by atoms with Gasteiger partial charge in [0.25, 0.3) is 0 Å². The molecule has 0 saturated carbocycles. The molecule has 1 N–H and O–H groups in total. The van der Waals surface area contributed by atoms with Crippen LogP contribution in [0.15, 0.2) is 36.4 Å². The lowest BCUT2D eigenvalue weighted by atomic mass is 10.1. The Bertz CT molecular complexity index is 809. The summed E-state index contributed by atoms with van der Waals surface area (Å²) in [4.78, 5) is 4.61. The van der Waals surface area contributed by atoms with Crippen molar-refractivity contribution >= 4 is 11.0 Å². The molecule has 1 aromatic heterocycles. The molecule has 3 aromatic rings. The molecule has 0 spiro atoms. The maximum absolute atomic E-state index is 10.1. The van der Waals surface area contributed by atoms with Gasteiger partial charge in [0.2, 0.25) is 5.75 Å². The van der Waals surface area contributed by atoms with E-state index >= 15 is 0 Å². The van der Waals surface area contributed by atoms with E-state index in [1.165, 1.54) is 14.2 Å². The van der Waals surface area contributed by atoms with Gasteiger partial charge < -0.3 is 19.1 Å². The quantitative estimate of drug-likeness (QED) is 0.803. The fraction of sp³-hybridized carbons (Fsp3) is 0.188. The number of methoxy groups -OCH3 is 2. The van der Waals surface area contributed by atoms with Crippen molar-refractivity contribution in [3.63, 3.8) is 0 Å². The van der Waals surface area contributed by atoms with Crippen molar-refractivity contribution < 1.29 is 14.6 Å². The third kappa shape index (κ3) is 2.07. The Morgan fingerprint density at radius 2 is 1.86 bits per heavy atom. The zero-order chi connectivity index (χ0) is 15.0. The van der Waals surface area contributed by atoms with Crippen molar-refractivity contribution in [3.8, 4) is 28.6 Å². The molecule has 0 radical (unpaired) electrons. The number of aromatic hydroxyl groups is 1. The van der Waals surface area contributed by atoms with Gasteiger partial charge in [0.1, 0.15) is 5.82 Å². The number of imidazole rings is 1. The minimum atomic E-state index is 0.0268. The summed E-state index contributed by atoms with van der Waals surface area (Å²) < 4.78 is 12.4. The molecule has 0 amide bonds. The van der Waals surface area contributed by atoms with Crippen LogP contribution in [0, 0.1) is 0 Å². The predicted octanol–water partition coefficient (Wildman–Crippen LogP) is 2.96. The Kier molecular flexibility index (Phi) is 3.17. The lowest BCUT2D eigenvalue weighted by Crippen LogP contribution is -1.95. The third-order valence-corrected chi connectivity index (χ3v) is 3.50. The van der Waals surface area contributed by atoms with Crippen LogP contribution in [-0.4, -0.2) is 28.9 Å². The normalized spacial score (nSPS) is 10.8. The summed E-state index contributed by atoms with van der Waals surface area (Å²) in [6.45, 7) is 0. The van der Waals surface area contributed by atoms with Gasteiger partial charge in [0.05, 0.1) is 25.3 Å². The molecule has 5 heteroatoms. The van der Waals surface area contributed by atoms with Crippen LogP contribution < -0.4 is 9.47 Å². The van der Waals surface area contributed by atoms with Gasteiger partial charge in [-0.25, -0.2) is 4.98 Å². The molecule has 0 aliphatic carbocycles. The number of aromatic nitrogens is 2. The minimum Gasteiger partial charge on any atom is -0.504 e. The van der Waals surface area contributed by atoms with Crippen LogP contribution >= 0.6 is 0 Å². The van der Waals surface area contributed by atoms with Crippen LogP contribution in [0.3, 0.4) is 0 Å². The number of hydrogen-bond donors (Lipinski definition) is 1. The van der Waals surface area contributed by atoms with Gasteiger partial charge >= 0.3 is 0 Å². The Morgan fingerprint density at radius 1 is 1.10 bits per heavy atom. The highest BCUT2D eigenvalue weighted by atomic mass is 16.5. The van der Waals surface area contributed by atoms with E-state index in [9.17, 15) is 5.11 Å². The van der Waals surface area contributed by atoms with E-state index < -0.39 is 0 Å². The van der Waals surface area contributed by atoms with Crippen molar-refractivity contribution in [2.24, 2.45) is 7.05 Å². The highest BCUT2D eigenvalue weighted by Crippen LogP contribution is 2.40. The first kappa shape index (κ1) is 13.3. The molecule has 0 unspecified atom stereocenters. The van der Waals surface area contributed by atoms with Gasteiger partial charge in [-0.3, -0.25) is 0 Å². The van der Waals surface area contributed by atoms with E-state index in [0.717, 1.165) is 22.4 Å². The monoisotopic (exact) mass is 284 g/mol. The van der Waals surface area contributed by atoms with E-state index in [0.29, 0.717) is 11.5 Å². The number of nitrogens with zero attached hydrogens (tertiary/aromatic N) is 2. The first-order valence-corrected chi connectivity index (χ1v) is 6.52. The third-order valence-electron chi connectivity index (χ3n) is 3.50. The van der Waals surface area contributed by atoms with Gasteiger partial charge in [0, 0.05) is 12.6 Å². The first-order chi connectivity index (χ1) is 10.2. The Labute approximate surface area is 122 Å². The van der Waals surface area contributed by atoms with Crippen LogP contribution in [0.5, 0.6) is 17.2 Å². The van der Waals surface area contributed by atoms with E-state index in [1.807, 2.05) is 35.9 Å². The number of benzene rings is 2. The molecule has 0 bridgehead atoms. The number of fused-ring (bicyclic) bond motifs is 1. The summed E-state index contributed by atoms with van der Waals surface area (Å²) in [5, 5.41) is 10.1. The van der Waals surface area contributed by atoms with Crippen LogP contribution in [0.1, 0.15) is 0 Å². The second-order valence-electron chi connectivity index (χ2n) is 4.71. The highest BCUT2D eigenvalue weighted by molar-refractivity contribution is 5.81. The lowest BCUT2D eigenvalue weighted by molar-refractivity contribution is 0.333. The molecule has 108 valence electrons. The summed E-state index contributed by atoms with van der Waals surface area (Å²) in [7, 11) is 4.97. The standard InChI is InChI=1S/C16H16N2O3/c1-18-12-7-5-4-6-11(12)17-16(18)10-8-13(19)15(21-3)14(9-10)20-2/h4-9,19H,1-3H3. The number of rotatable bonds is 3. The molecule has 21 heavy (non-hydrogen) atoms. The van der Waals surface area contributed by atoms with Gasteiger partial charge in [0.15, 0.2) is 11.5 Å². The second kappa shape index (κ2) is 5.01. The maximum atomic E-state index is 10.1. The van der Waals surface area contributed by atoms with E-state index in [-0.39, 0.29) is 5.75 Å². The molecule has 0 atom stereocenters. The number of aryl methyl sites for hydroxylation is 1. The molecule has 0 fully saturated rings. The van der Waals surface area contributed by atoms with Crippen LogP contribution in [0.2, 0.25) is 0 Å². The summed E-state index contributed by atoms with van der Waals surface area (Å²) in [5.74, 6) is 1.57. The van der Waals surface area contributed by atoms with Crippen molar-refractivity contribution in [1.82, 2.24) is 9.55 Å². The highest BCUT2D eigenvalue weighted by Gasteiger charge is 2.16. The molecule has 1 heterocycles. The first-order valence-electron chi connectivity index (χ1n) is 6.52. The lowest BCUT2D eigenvalue weighted by Gasteiger charge is -2.11. The summed E-state index contributed by atoms with van der Waals surface area (Å²) in [5.41, 5.74) is 2.70. The smallest absolute Gasteiger partial charge is 0.203 e. The largest absolute Gasteiger partial charge is 0.504 e. The SMILES string of the molecule is COc1cc(-c2nc3ccccc3n2C)cc(O)c1OC. The number of hydrogen-bond acceptors (Lipinski definition) is 4. The van der Waals surface area contributed by atoms with Crippen LogP contribution in [0.4, 0.5) is 0 Å². The van der Waals surface area contributed by atoms with Crippen molar-refractivity contribution in [1.29, 1.82) is 0 Å². The molecule has 5 nitrogen and oxygen atoms in total. The fourth-order valence-corrected chi connectivity index (χ4v) is 2.48. The fourth-order valence-electron chi connectivity index (χ4n) is 2.48. The summed E-state index contributed by atoms with van der Waals surface area (Å²) in [6, 6.07) is 11.3. The van der Waals surface area contributed by atoms with Gasteiger partial charge in [-0.05, 0) is 24.3 Å². The van der Waals surface area contributed by atoms with Gasteiger partial charge in [-0.2, -0.15) is 0 Å². The number of phenols is 1. The molecule has 2 aromatic carbocycles. The zero-order valence-electron chi connectivity index (χ0n) is 12.1.